The molecule has 2 amide bonds. The number of nitrogens with zero attached hydrogens (tertiary/aromatic N) is 2. The van der Waals surface area contributed by atoms with Crippen LogP contribution in [0.4, 0.5) is 4.39 Å². The third kappa shape index (κ3) is 6.14. The molecule has 0 spiro atoms. The minimum Gasteiger partial charge on any atom is -0.484 e. The monoisotopic (exact) mass is 378 g/mol. The van der Waals surface area contributed by atoms with Gasteiger partial charge in [0.05, 0.1) is 5.02 Å². The lowest BCUT2D eigenvalue weighted by atomic mass is 10.3. The molecular formula is C17H16ClFN4O3. The van der Waals surface area contributed by atoms with Crippen LogP contribution < -0.4 is 15.4 Å². The lowest BCUT2D eigenvalue weighted by molar-refractivity contribution is -0.123. The molecule has 2 rings (SSSR count). The summed E-state index contributed by atoms with van der Waals surface area (Å²) >= 11 is 5.56. The average Bonchev–Trinajstić information content (AvgIpc) is 2.63. The van der Waals surface area contributed by atoms with Crippen molar-refractivity contribution in [3.8, 4) is 5.75 Å². The predicted octanol–water partition coefficient (Wildman–Crippen LogP) is 2.10. The van der Waals surface area contributed by atoms with Crippen molar-refractivity contribution in [2.24, 2.45) is 0 Å². The van der Waals surface area contributed by atoms with Gasteiger partial charge in [0, 0.05) is 30.9 Å². The van der Waals surface area contributed by atoms with Crippen LogP contribution in [0.25, 0.3) is 0 Å². The van der Waals surface area contributed by atoms with Gasteiger partial charge in [-0.1, -0.05) is 18.2 Å². The number of hydrogen-bond acceptors (Lipinski definition) is 5. The van der Waals surface area contributed by atoms with E-state index in [2.05, 4.69) is 27.2 Å². The minimum absolute atomic E-state index is 0.0238. The first-order chi connectivity index (χ1) is 12.5. The number of hydrogen-bond donors (Lipinski definition) is 2. The van der Waals surface area contributed by atoms with Crippen LogP contribution in [0.2, 0.25) is 5.02 Å². The standard InChI is InChI=1S/C17H16ClFN4O3/c1-11(23-17(25)15-5-6-20-10-22-15)4-7-21-16(24)9-26-12-2-3-13(18)14(19)8-12/h2-3,5-6,8,10H,1,4,7,9H2,(H,21,24)(H,23,25). The molecule has 1 aromatic heterocycles. The molecular weight excluding hydrogens is 363 g/mol. The lowest BCUT2D eigenvalue weighted by Crippen LogP contribution is -2.31. The minimum atomic E-state index is -0.625. The molecule has 2 aromatic rings. The Morgan fingerprint density at radius 1 is 1.31 bits per heavy atom. The van der Waals surface area contributed by atoms with Gasteiger partial charge >= 0.3 is 0 Å². The van der Waals surface area contributed by atoms with Crippen molar-refractivity contribution in [3.05, 3.63) is 65.6 Å². The second-order valence-corrected chi connectivity index (χ2v) is 5.52. The maximum absolute atomic E-state index is 13.3. The third-order valence-electron chi connectivity index (χ3n) is 3.11. The van der Waals surface area contributed by atoms with E-state index in [4.69, 9.17) is 16.3 Å². The summed E-state index contributed by atoms with van der Waals surface area (Å²) in [6.07, 6.45) is 3.06. The van der Waals surface area contributed by atoms with Gasteiger partial charge in [0.2, 0.25) is 0 Å². The van der Waals surface area contributed by atoms with Crippen LogP contribution >= 0.6 is 11.6 Å². The van der Waals surface area contributed by atoms with E-state index in [1.807, 2.05) is 0 Å². The Labute approximate surface area is 154 Å². The second kappa shape index (κ2) is 9.47. The molecule has 0 radical (unpaired) electrons. The summed E-state index contributed by atoms with van der Waals surface area (Å²) in [4.78, 5) is 31.1. The Morgan fingerprint density at radius 3 is 2.81 bits per heavy atom. The van der Waals surface area contributed by atoms with Crippen LogP contribution in [0.5, 0.6) is 5.75 Å². The molecule has 2 N–H and O–H groups in total. The highest BCUT2D eigenvalue weighted by molar-refractivity contribution is 6.30. The molecule has 136 valence electrons. The van der Waals surface area contributed by atoms with Gasteiger partial charge in [0.1, 0.15) is 23.6 Å². The summed E-state index contributed by atoms with van der Waals surface area (Å²) in [5.41, 5.74) is 0.642. The summed E-state index contributed by atoms with van der Waals surface area (Å²) in [5.74, 6) is -1.23. The molecule has 0 saturated heterocycles. The van der Waals surface area contributed by atoms with Gasteiger partial charge in [0.25, 0.3) is 11.8 Å². The zero-order valence-corrected chi connectivity index (χ0v) is 14.4. The van der Waals surface area contributed by atoms with Crippen molar-refractivity contribution in [1.82, 2.24) is 20.6 Å². The number of nitrogens with one attached hydrogen (secondary N) is 2. The van der Waals surface area contributed by atoms with Gasteiger partial charge in [-0.05, 0) is 18.2 Å². The number of ether oxygens (including phenoxy) is 1. The molecule has 0 aliphatic rings. The SMILES string of the molecule is C=C(CCNC(=O)COc1ccc(Cl)c(F)c1)NC(=O)c1ccncn1. The Morgan fingerprint density at radius 2 is 2.12 bits per heavy atom. The number of benzene rings is 1. The quantitative estimate of drug-likeness (QED) is 0.733. The van der Waals surface area contributed by atoms with Gasteiger partial charge in [-0.15, -0.1) is 0 Å². The van der Waals surface area contributed by atoms with Gasteiger partial charge in [-0.25, -0.2) is 14.4 Å². The maximum atomic E-state index is 13.3. The van der Waals surface area contributed by atoms with Crippen molar-refractivity contribution in [2.45, 2.75) is 6.42 Å². The molecule has 0 saturated carbocycles. The maximum Gasteiger partial charge on any atom is 0.274 e. The van der Waals surface area contributed by atoms with E-state index in [-0.39, 0.29) is 29.6 Å². The van der Waals surface area contributed by atoms with Gasteiger partial charge in [-0.2, -0.15) is 0 Å². The van der Waals surface area contributed by atoms with Gasteiger partial charge < -0.3 is 15.4 Å². The normalized spacial score (nSPS) is 10.1. The van der Waals surface area contributed by atoms with E-state index in [0.29, 0.717) is 12.1 Å². The Hall–Kier alpha value is -3.00. The fourth-order valence-corrected chi connectivity index (χ4v) is 1.95. The molecule has 1 heterocycles. The fourth-order valence-electron chi connectivity index (χ4n) is 1.83. The van der Waals surface area contributed by atoms with Crippen LogP contribution in [0, 0.1) is 5.82 Å². The number of carbonyl (C=O) groups excluding carboxylic acids is 2. The molecule has 0 aliphatic carbocycles. The number of aromatic nitrogens is 2. The van der Waals surface area contributed by atoms with Crippen molar-refractivity contribution >= 4 is 23.4 Å². The van der Waals surface area contributed by atoms with Crippen LogP contribution in [-0.2, 0) is 4.79 Å². The van der Waals surface area contributed by atoms with Gasteiger partial charge in [-0.3, -0.25) is 9.59 Å². The Balaban J connectivity index is 1.66. The van der Waals surface area contributed by atoms with Crippen LogP contribution in [-0.4, -0.2) is 34.9 Å². The predicted molar refractivity (Wildman–Crippen MR) is 93.2 cm³/mol. The molecule has 9 heteroatoms. The van der Waals surface area contributed by atoms with E-state index in [1.54, 1.807) is 0 Å². The number of carbonyl (C=O) groups is 2. The van der Waals surface area contributed by atoms with E-state index >= 15 is 0 Å². The van der Waals surface area contributed by atoms with E-state index in [0.717, 1.165) is 6.07 Å². The Bertz CT molecular complexity index is 802. The third-order valence-corrected chi connectivity index (χ3v) is 3.42. The van der Waals surface area contributed by atoms with Crippen molar-refractivity contribution in [3.63, 3.8) is 0 Å². The van der Waals surface area contributed by atoms with Crippen molar-refractivity contribution < 1.29 is 18.7 Å². The van der Waals surface area contributed by atoms with E-state index in [1.165, 1.54) is 30.7 Å². The summed E-state index contributed by atoms with van der Waals surface area (Å²) in [6, 6.07) is 5.37. The number of amides is 2. The highest BCUT2D eigenvalue weighted by Gasteiger charge is 2.09. The lowest BCUT2D eigenvalue weighted by Gasteiger charge is -2.10. The zero-order chi connectivity index (χ0) is 18.9. The number of rotatable bonds is 8. The number of halogens is 2. The first-order valence-corrected chi connectivity index (χ1v) is 7.93. The smallest absolute Gasteiger partial charge is 0.274 e. The van der Waals surface area contributed by atoms with E-state index < -0.39 is 17.6 Å². The molecule has 0 aliphatic heterocycles. The first-order valence-electron chi connectivity index (χ1n) is 7.55. The molecule has 0 bridgehead atoms. The molecule has 1 aromatic carbocycles. The van der Waals surface area contributed by atoms with Gasteiger partial charge in [0.15, 0.2) is 6.61 Å². The zero-order valence-electron chi connectivity index (χ0n) is 13.7. The summed E-state index contributed by atoms with van der Waals surface area (Å²) in [6.45, 7) is 3.69. The van der Waals surface area contributed by atoms with Crippen LogP contribution in [0.1, 0.15) is 16.9 Å². The summed E-state index contributed by atoms with van der Waals surface area (Å²) in [7, 11) is 0. The highest BCUT2D eigenvalue weighted by atomic mass is 35.5. The van der Waals surface area contributed by atoms with Crippen molar-refractivity contribution in [2.75, 3.05) is 13.2 Å². The Kier molecular flexibility index (Phi) is 7.04. The molecule has 0 unspecified atom stereocenters. The molecule has 0 atom stereocenters. The van der Waals surface area contributed by atoms with Crippen LogP contribution in [0.15, 0.2) is 49.1 Å². The summed E-state index contributed by atoms with van der Waals surface area (Å²) in [5, 5.41) is 5.16. The first kappa shape index (κ1) is 19.3. The van der Waals surface area contributed by atoms with Crippen LogP contribution in [0.3, 0.4) is 0 Å². The highest BCUT2D eigenvalue weighted by Crippen LogP contribution is 2.20. The summed E-state index contributed by atoms with van der Waals surface area (Å²) < 4.78 is 18.4. The topological polar surface area (TPSA) is 93.2 Å². The molecule has 26 heavy (non-hydrogen) atoms. The largest absolute Gasteiger partial charge is 0.484 e. The average molecular weight is 379 g/mol. The molecule has 0 fully saturated rings. The fraction of sp³-hybridized carbons (Fsp3) is 0.176. The molecule has 7 nitrogen and oxygen atoms in total. The van der Waals surface area contributed by atoms with E-state index in [9.17, 15) is 14.0 Å². The second-order valence-electron chi connectivity index (χ2n) is 5.12. The van der Waals surface area contributed by atoms with Crippen molar-refractivity contribution in [1.29, 1.82) is 0 Å².